The highest BCUT2D eigenvalue weighted by atomic mass is 32.2. The molecule has 0 spiro atoms. The number of piperidine rings is 1. The summed E-state index contributed by atoms with van der Waals surface area (Å²) in [6, 6.07) is 15.0. The predicted molar refractivity (Wildman–Crippen MR) is 157 cm³/mol. The molecule has 11 heteroatoms. The molecule has 1 saturated heterocycles. The number of nitrogens with zero attached hydrogens (tertiary/aromatic N) is 3. The molecular weight excluding hydrogens is 551 g/mol. The molecule has 2 aromatic heterocycles. The Labute approximate surface area is 237 Å². The lowest BCUT2D eigenvalue weighted by Crippen LogP contribution is -2.40. The van der Waals surface area contributed by atoms with E-state index in [1.165, 1.54) is 24.1 Å². The lowest BCUT2D eigenvalue weighted by molar-refractivity contribution is 0.0964. The van der Waals surface area contributed by atoms with Gasteiger partial charge in [-0.3, -0.25) is 9.78 Å². The van der Waals surface area contributed by atoms with E-state index >= 15 is 0 Å². The van der Waals surface area contributed by atoms with Gasteiger partial charge >= 0.3 is 0 Å². The zero-order valence-corrected chi connectivity index (χ0v) is 24.2. The summed E-state index contributed by atoms with van der Waals surface area (Å²) in [7, 11) is -0.0856. The highest BCUT2D eigenvalue weighted by molar-refractivity contribution is 7.99. The Bertz CT molecular complexity index is 1630. The molecular formula is C29H31FN4O4S2. The molecule has 8 nitrogen and oxygen atoms in total. The van der Waals surface area contributed by atoms with E-state index in [9.17, 15) is 17.6 Å². The Morgan fingerprint density at radius 2 is 2.00 bits per heavy atom. The van der Waals surface area contributed by atoms with Crippen LogP contribution in [0.2, 0.25) is 0 Å². The van der Waals surface area contributed by atoms with Gasteiger partial charge in [0.1, 0.15) is 22.9 Å². The van der Waals surface area contributed by atoms with E-state index in [0.29, 0.717) is 53.1 Å². The van der Waals surface area contributed by atoms with Gasteiger partial charge in [0, 0.05) is 56.7 Å². The largest absolute Gasteiger partial charge is 0.455 e. The molecule has 1 atom stereocenters. The quantitative estimate of drug-likeness (QED) is 0.277. The number of aromatic nitrogens is 1. The fourth-order valence-electron chi connectivity index (χ4n) is 5.21. The molecule has 210 valence electrons. The van der Waals surface area contributed by atoms with Crippen molar-refractivity contribution in [2.45, 2.75) is 24.5 Å². The molecule has 0 bridgehead atoms. The van der Waals surface area contributed by atoms with E-state index < -0.39 is 10.0 Å². The van der Waals surface area contributed by atoms with Crippen LogP contribution in [0.3, 0.4) is 0 Å². The van der Waals surface area contributed by atoms with E-state index in [1.54, 1.807) is 47.9 Å². The summed E-state index contributed by atoms with van der Waals surface area (Å²) in [6.45, 7) is 0.777. The van der Waals surface area contributed by atoms with Gasteiger partial charge in [-0.2, -0.15) is 0 Å². The van der Waals surface area contributed by atoms with Crippen molar-refractivity contribution in [2.75, 3.05) is 37.7 Å². The molecule has 1 unspecified atom stereocenters. The maximum atomic E-state index is 13.6. The third-order valence-electron chi connectivity index (χ3n) is 7.28. The summed E-state index contributed by atoms with van der Waals surface area (Å²) in [5.74, 6) is -0.596. The predicted octanol–water partition coefficient (Wildman–Crippen LogP) is 5.42. The number of rotatable bonds is 8. The van der Waals surface area contributed by atoms with E-state index in [2.05, 4.69) is 10.3 Å². The van der Waals surface area contributed by atoms with E-state index in [0.717, 1.165) is 17.7 Å². The number of fused-ring (bicyclic) bond motifs is 1. The van der Waals surface area contributed by atoms with Crippen molar-refractivity contribution in [2.24, 2.45) is 0 Å². The molecule has 5 rings (SSSR count). The fourth-order valence-corrected chi connectivity index (χ4v) is 7.11. The Kier molecular flexibility index (Phi) is 8.16. The second-order valence-corrected chi connectivity index (χ2v) is 12.6. The first-order valence-corrected chi connectivity index (χ1v) is 15.7. The minimum Gasteiger partial charge on any atom is -0.455 e. The minimum atomic E-state index is -3.58. The summed E-state index contributed by atoms with van der Waals surface area (Å²) < 4.78 is 50.2. The summed E-state index contributed by atoms with van der Waals surface area (Å²) in [4.78, 5) is 17.3. The molecule has 1 amide bonds. The average Bonchev–Trinajstić information content (AvgIpc) is 3.35. The zero-order valence-electron chi connectivity index (χ0n) is 22.6. The van der Waals surface area contributed by atoms with Crippen LogP contribution in [0.5, 0.6) is 0 Å². The first-order chi connectivity index (χ1) is 19.2. The Balaban J connectivity index is 1.59. The number of amides is 1. The monoisotopic (exact) mass is 582 g/mol. The summed E-state index contributed by atoms with van der Waals surface area (Å²) in [5.41, 5.74) is 3.81. The van der Waals surface area contributed by atoms with Gasteiger partial charge in [-0.05, 0) is 66.8 Å². The number of benzene rings is 2. The van der Waals surface area contributed by atoms with Crippen molar-refractivity contribution in [3.8, 4) is 11.3 Å². The second-order valence-electron chi connectivity index (χ2n) is 9.75. The van der Waals surface area contributed by atoms with Gasteiger partial charge in [0.15, 0.2) is 0 Å². The van der Waals surface area contributed by atoms with Gasteiger partial charge in [0.2, 0.25) is 10.0 Å². The third-order valence-corrected chi connectivity index (χ3v) is 9.81. The van der Waals surface area contributed by atoms with Crippen LogP contribution < -0.4 is 9.62 Å². The number of hydrogen-bond acceptors (Lipinski definition) is 7. The zero-order chi connectivity index (χ0) is 28.4. The number of pyridine rings is 1. The molecule has 4 aromatic rings. The van der Waals surface area contributed by atoms with E-state index in [-0.39, 0.29) is 23.4 Å². The molecule has 40 heavy (non-hydrogen) atoms. The van der Waals surface area contributed by atoms with Crippen LogP contribution in [-0.4, -0.2) is 57.1 Å². The first-order valence-electron chi connectivity index (χ1n) is 13.0. The molecule has 1 N–H and O–H groups in total. The summed E-state index contributed by atoms with van der Waals surface area (Å²) in [6.07, 6.45) is 5.06. The van der Waals surface area contributed by atoms with Gasteiger partial charge < -0.3 is 14.0 Å². The molecule has 1 aliphatic heterocycles. The van der Waals surface area contributed by atoms with Crippen LogP contribution in [0.15, 0.2) is 65.2 Å². The lowest BCUT2D eigenvalue weighted by atomic mass is 9.89. The molecule has 1 aliphatic rings. The van der Waals surface area contributed by atoms with Gasteiger partial charge in [0.05, 0.1) is 16.9 Å². The highest BCUT2D eigenvalue weighted by Gasteiger charge is 2.33. The van der Waals surface area contributed by atoms with Crippen molar-refractivity contribution >= 4 is 44.5 Å². The van der Waals surface area contributed by atoms with Crippen LogP contribution in [-0.2, 0) is 15.8 Å². The number of carbonyl (C=O) groups is 1. The van der Waals surface area contributed by atoms with Crippen LogP contribution >= 0.6 is 11.9 Å². The highest BCUT2D eigenvalue weighted by Crippen LogP contribution is 2.42. The molecule has 0 radical (unpaired) electrons. The van der Waals surface area contributed by atoms with Crippen LogP contribution in [0, 0.1) is 5.82 Å². The van der Waals surface area contributed by atoms with Gasteiger partial charge in [0.25, 0.3) is 5.91 Å². The lowest BCUT2D eigenvalue weighted by Gasteiger charge is -2.34. The molecule has 1 fully saturated rings. The van der Waals surface area contributed by atoms with Crippen molar-refractivity contribution in [3.05, 3.63) is 83.4 Å². The van der Waals surface area contributed by atoms with Gasteiger partial charge in [-0.15, -0.1) is 0 Å². The normalized spacial score (nSPS) is 16.2. The molecule has 3 heterocycles. The van der Waals surface area contributed by atoms with Crippen molar-refractivity contribution in [1.82, 2.24) is 14.6 Å². The summed E-state index contributed by atoms with van der Waals surface area (Å²) >= 11 is 1.52. The average molecular weight is 583 g/mol. The van der Waals surface area contributed by atoms with Gasteiger partial charge in [-0.1, -0.05) is 18.0 Å². The second kappa shape index (κ2) is 11.6. The van der Waals surface area contributed by atoms with E-state index in [1.807, 2.05) is 29.7 Å². The maximum Gasteiger partial charge on any atom is 0.255 e. The fraction of sp³-hybridized carbons (Fsp3) is 0.310. The Morgan fingerprint density at radius 1 is 1.23 bits per heavy atom. The number of anilines is 1. The molecule has 0 aliphatic carbocycles. The minimum absolute atomic E-state index is 0.0945. The molecule has 2 aromatic carbocycles. The van der Waals surface area contributed by atoms with Crippen molar-refractivity contribution in [3.63, 3.8) is 0 Å². The van der Waals surface area contributed by atoms with E-state index in [4.69, 9.17) is 4.42 Å². The number of halogens is 1. The maximum absolute atomic E-state index is 13.6. The number of hydrogen-bond donors (Lipinski definition) is 1. The smallest absolute Gasteiger partial charge is 0.255 e. The van der Waals surface area contributed by atoms with Crippen molar-refractivity contribution in [1.29, 1.82) is 0 Å². The van der Waals surface area contributed by atoms with Crippen LogP contribution in [0.4, 0.5) is 10.1 Å². The third kappa shape index (κ3) is 5.59. The SMILES string of the molecule is CNC(=O)c1c(-c2ccc(F)cc2)oc2cc(N(C)SC)c(C3CCCN(S(=O)(=O)Cc4ccccn4)C3)cc12. The first kappa shape index (κ1) is 28.1. The Morgan fingerprint density at radius 3 is 2.67 bits per heavy atom. The number of carbonyl (C=O) groups excluding carboxylic acids is 1. The summed E-state index contributed by atoms with van der Waals surface area (Å²) in [5, 5.41) is 3.32. The topological polar surface area (TPSA) is 95.8 Å². The van der Waals surface area contributed by atoms with Crippen LogP contribution in [0.25, 0.3) is 22.3 Å². The standard InChI is InChI=1S/C29H31FN4O4S2/c1-31-29(35)27-24-15-23(20-7-6-14-34(17-20)40(36,37)18-22-8-4-5-13-32-22)25(33(2)39-3)16-26(24)38-28(27)19-9-11-21(30)12-10-19/h4-5,8-13,15-16,20H,6-7,14,17-18H2,1-3H3,(H,31,35). The Hall–Kier alpha value is -3.41. The molecule has 0 saturated carbocycles. The van der Waals surface area contributed by atoms with Crippen LogP contribution in [0.1, 0.15) is 40.4 Å². The number of nitrogens with one attached hydrogen (secondary N) is 1. The number of furan rings is 1. The van der Waals surface area contributed by atoms with Gasteiger partial charge in [-0.25, -0.2) is 17.1 Å². The number of sulfonamides is 1. The van der Waals surface area contributed by atoms with Crippen molar-refractivity contribution < 1.29 is 22.0 Å².